The number of amides is 3. The maximum Gasteiger partial charge on any atom is 0.329 e. The van der Waals surface area contributed by atoms with Gasteiger partial charge >= 0.3 is 11.8 Å². The Balaban J connectivity index is 1.91. The average Bonchev–Trinajstić information content (AvgIpc) is 2.77. The Morgan fingerprint density at radius 2 is 1.88 bits per heavy atom. The number of anilines is 1. The maximum atomic E-state index is 12.1. The van der Waals surface area contributed by atoms with Gasteiger partial charge in [-0.1, -0.05) is 19.1 Å². The zero-order valence-electron chi connectivity index (χ0n) is 18.6. The topological polar surface area (TPSA) is 118 Å². The van der Waals surface area contributed by atoms with Crippen LogP contribution in [0, 0.1) is 6.92 Å². The number of benzene rings is 2. The van der Waals surface area contributed by atoms with E-state index in [2.05, 4.69) is 21.2 Å². The van der Waals surface area contributed by atoms with Crippen molar-refractivity contribution >= 4 is 29.6 Å². The quantitative estimate of drug-likeness (QED) is 0.314. The monoisotopic (exact) mass is 440 g/mol. The summed E-state index contributed by atoms with van der Waals surface area (Å²) in [4.78, 5) is 35.6. The highest BCUT2D eigenvalue weighted by Crippen LogP contribution is 2.27. The third-order valence-electron chi connectivity index (χ3n) is 4.42. The van der Waals surface area contributed by atoms with E-state index >= 15 is 0 Å². The fourth-order valence-electron chi connectivity index (χ4n) is 2.55. The summed E-state index contributed by atoms with van der Waals surface area (Å²) in [5.41, 5.74) is 4.50. The summed E-state index contributed by atoms with van der Waals surface area (Å²) in [6.45, 7) is 5.45. The predicted molar refractivity (Wildman–Crippen MR) is 122 cm³/mol. The third-order valence-corrected chi connectivity index (χ3v) is 4.42. The fourth-order valence-corrected chi connectivity index (χ4v) is 2.55. The number of nitrogens with zero attached hydrogens (tertiary/aromatic N) is 1. The molecule has 2 aromatic carbocycles. The molecule has 2 rings (SSSR count). The minimum atomic E-state index is -0.854. The minimum absolute atomic E-state index is 0.104. The first-order valence-corrected chi connectivity index (χ1v) is 10.1. The van der Waals surface area contributed by atoms with Crippen molar-refractivity contribution in [3.05, 3.63) is 53.6 Å². The lowest BCUT2D eigenvalue weighted by Crippen LogP contribution is -2.41. The number of hydrogen-bond donors (Lipinski definition) is 3. The van der Waals surface area contributed by atoms with Crippen LogP contribution in [0.15, 0.2) is 47.6 Å². The molecule has 32 heavy (non-hydrogen) atoms. The molecule has 0 bridgehead atoms. The van der Waals surface area contributed by atoms with Gasteiger partial charge < -0.3 is 20.1 Å². The molecular weight excluding hydrogens is 412 g/mol. The van der Waals surface area contributed by atoms with E-state index in [0.717, 1.165) is 5.56 Å². The van der Waals surface area contributed by atoms with Crippen molar-refractivity contribution in [2.45, 2.75) is 33.2 Å². The van der Waals surface area contributed by atoms with Crippen LogP contribution in [0.2, 0.25) is 0 Å². The second kappa shape index (κ2) is 12.1. The van der Waals surface area contributed by atoms with E-state index in [1.54, 1.807) is 31.2 Å². The van der Waals surface area contributed by atoms with E-state index in [4.69, 9.17) is 9.47 Å². The van der Waals surface area contributed by atoms with Crippen molar-refractivity contribution in [3.8, 4) is 11.5 Å². The molecule has 0 radical (unpaired) electrons. The second-order valence-corrected chi connectivity index (χ2v) is 7.10. The highest BCUT2D eigenvalue weighted by molar-refractivity contribution is 6.35. The van der Waals surface area contributed by atoms with Gasteiger partial charge in [0.15, 0.2) is 18.1 Å². The smallest absolute Gasteiger partial charge is 0.329 e. The number of ether oxygens (including phenoxy) is 2. The molecule has 0 saturated carbocycles. The Morgan fingerprint density at radius 3 is 2.56 bits per heavy atom. The van der Waals surface area contributed by atoms with Crippen molar-refractivity contribution in [3.63, 3.8) is 0 Å². The van der Waals surface area contributed by atoms with Gasteiger partial charge in [0, 0.05) is 11.7 Å². The van der Waals surface area contributed by atoms with Crippen LogP contribution >= 0.6 is 0 Å². The number of hydrogen-bond acceptors (Lipinski definition) is 6. The molecule has 1 atom stereocenters. The lowest BCUT2D eigenvalue weighted by molar-refractivity contribution is -0.139. The molecule has 2 aromatic rings. The number of rotatable bonds is 9. The van der Waals surface area contributed by atoms with Crippen LogP contribution in [-0.4, -0.2) is 43.7 Å². The zero-order valence-corrected chi connectivity index (χ0v) is 18.6. The lowest BCUT2D eigenvalue weighted by Gasteiger charge is -2.12. The Labute approximate surface area is 187 Å². The van der Waals surface area contributed by atoms with E-state index in [1.807, 2.05) is 32.0 Å². The van der Waals surface area contributed by atoms with Crippen molar-refractivity contribution < 1.29 is 23.9 Å². The number of nitrogens with one attached hydrogen (secondary N) is 3. The van der Waals surface area contributed by atoms with Gasteiger partial charge in [0.25, 0.3) is 5.91 Å². The molecule has 0 unspecified atom stereocenters. The summed E-state index contributed by atoms with van der Waals surface area (Å²) in [6.07, 6.45) is 2.08. The summed E-state index contributed by atoms with van der Waals surface area (Å²) in [5.74, 6) is -1.14. The largest absolute Gasteiger partial charge is 0.493 e. The molecule has 0 aromatic heterocycles. The van der Waals surface area contributed by atoms with Gasteiger partial charge in [0.2, 0.25) is 0 Å². The first-order chi connectivity index (χ1) is 15.3. The standard InChI is InChI=1S/C23H28N4O5/c1-5-16(3)25-22(29)23(30)27-24-13-17-9-10-19(20(12-17)31-4)32-14-21(28)26-18-8-6-7-15(2)11-18/h6-13,16H,5,14H2,1-4H3,(H,25,29)(H,26,28)(H,27,30)/b24-13-/t16-/m1/s1. The molecule has 0 spiro atoms. The van der Waals surface area contributed by atoms with E-state index in [0.29, 0.717) is 29.2 Å². The Bertz CT molecular complexity index is 990. The normalized spacial score (nSPS) is 11.5. The van der Waals surface area contributed by atoms with Gasteiger partial charge in [0.1, 0.15) is 0 Å². The van der Waals surface area contributed by atoms with Crippen LogP contribution in [0.4, 0.5) is 5.69 Å². The molecule has 0 saturated heterocycles. The number of hydrazone groups is 1. The maximum absolute atomic E-state index is 12.1. The van der Waals surface area contributed by atoms with E-state index < -0.39 is 11.8 Å². The van der Waals surface area contributed by atoms with Crippen LogP contribution in [0.3, 0.4) is 0 Å². The molecular formula is C23H28N4O5. The molecule has 9 nitrogen and oxygen atoms in total. The molecule has 170 valence electrons. The van der Waals surface area contributed by atoms with E-state index in [1.165, 1.54) is 13.3 Å². The number of carbonyl (C=O) groups excluding carboxylic acids is 3. The van der Waals surface area contributed by atoms with Gasteiger partial charge in [-0.05, 0) is 61.7 Å². The molecule has 0 aliphatic carbocycles. The summed E-state index contributed by atoms with van der Waals surface area (Å²) >= 11 is 0. The Kier molecular flexibility index (Phi) is 9.22. The van der Waals surface area contributed by atoms with Crippen molar-refractivity contribution in [2.24, 2.45) is 5.10 Å². The molecule has 0 aliphatic rings. The Hall–Kier alpha value is -3.88. The third kappa shape index (κ3) is 7.75. The molecule has 3 amide bonds. The minimum Gasteiger partial charge on any atom is -0.493 e. The first-order valence-electron chi connectivity index (χ1n) is 10.1. The molecule has 0 heterocycles. The Morgan fingerprint density at radius 1 is 1.09 bits per heavy atom. The number of methoxy groups -OCH3 is 1. The lowest BCUT2D eigenvalue weighted by atomic mass is 10.2. The van der Waals surface area contributed by atoms with Gasteiger partial charge in [-0.3, -0.25) is 14.4 Å². The fraction of sp³-hybridized carbons (Fsp3) is 0.304. The average molecular weight is 441 g/mol. The van der Waals surface area contributed by atoms with Crippen molar-refractivity contribution in [2.75, 3.05) is 19.0 Å². The van der Waals surface area contributed by atoms with Crippen LogP contribution in [-0.2, 0) is 14.4 Å². The first kappa shape index (κ1) is 24.4. The predicted octanol–water partition coefficient (Wildman–Crippen LogP) is 2.39. The van der Waals surface area contributed by atoms with Crippen LogP contribution in [0.1, 0.15) is 31.4 Å². The zero-order chi connectivity index (χ0) is 23.5. The number of aryl methyl sites for hydroxylation is 1. The highest BCUT2D eigenvalue weighted by atomic mass is 16.5. The SMILES string of the molecule is CC[C@@H](C)NC(=O)C(=O)N/N=C\c1ccc(OCC(=O)Nc2cccc(C)c2)c(OC)c1. The summed E-state index contributed by atoms with van der Waals surface area (Å²) < 4.78 is 10.9. The molecule has 0 aliphatic heterocycles. The summed E-state index contributed by atoms with van der Waals surface area (Å²) in [6, 6.07) is 12.3. The van der Waals surface area contributed by atoms with Crippen molar-refractivity contribution in [1.82, 2.24) is 10.7 Å². The molecule has 9 heteroatoms. The van der Waals surface area contributed by atoms with Gasteiger partial charge in [-0.25, -0.2) is 5.43 Å². The second-order valence-electron chi connectivity index (χ2n) is 7.10. The van der Waals surface area contributed by atoms with Crippen LogP contribution < -0.4 is 25.5 Å². The van der Waals surface area contributed by atoms with E-state index in [9.17, 15) is 14.4 Å². The highest BCUT2D eigenvalue weighted by Gasteiger charge is 2.14. The van der Waals surface area contributed by atoms with Crippen LogP contribution in [0.5, 0.6) is 11.5 Å². The van der Waals surface area contributed by atoms with Crippen LogP contribution in [0.25, 0.3) is 0 Å². The number of carbonyl (C=O) groups is 3. The van der Waals surface area contributed by atoms with Crippen molar-refractivity contribution in [1.29, 1.82) is 0 Å². The molecule has 0 fully saturated rings. The molecule has 3 N–H and O–H groups in total. The van der Waals surface area contributed by atoms with Gasteiger partial charge in [0.05, 0.1) is 13.3 Å². The summed E-state index contributed by atoms with van der Waals surface area (Å²) in [7, 11) is 1.47. The van der Waals surface area contributed by atoms with E-state index in [-0.39, 0.29) is 18.6 Å². The van der Waals surface area contributed by atoms with Gasteiger partial charge in [-0.2, -0.15) is 5.10 Å². The summed E-state index contributed by atoms with van der Waals surface area (Å²) in [5, 5.41) is 9.10. The van der Waals surface area contributed by atoms with Gasteiger partial charge in [-0.15, -0.1) is 0 Å².